The van der Waals surface area contributed by atoms with Gasteiger partial charge in [0.1, 0.15) is 12.1 Å². The van der Waals surface area contributed by atoms with Crippen molar-refractivity contribution >= 4 is 17.5 Å². The van der Waals surface area contributed by atoms with Crippen LogP contribution in [0.15, 0.2) is 6.07 Å². The molecule has 0 atom stereocenters. The smallest absolute Gasteiger partial charge is 0.262 e. The maximum Gasteiger partial charge on any atom is 0.262 e. The van der Waals surface area contributed by atoms with Gasteiger partial charge in [0.15, 0.2) is 0 Å². The summed E-state index contributed by atoms with van der Waals surface area (Å²) in [6, 6.07) is 4.80. The van der Waals surface area contributed by atoms with Gasteiger partial charge < -0.3 is 5.73 Å². The summed E-state index contributed by atoms with van der Waals surface area (Å²) in [5.74, 6) is -1.10. The zero-order valence-electron chi connectivity index (χ0n) is 8.81. The van der Waals surface area contributed by atoms with Crippen molar-refractivity contribution in [3.63, 3.8) is 0 Å². The number of carbonyl (C=O) groups is 2. The van der Waals surface area contributed by atoms with Gasteiger partial charge in [-0.05, 0) is 6.07 Å². The Bertz CT molecular complexity index is 649. The summed E-state index contributed by atoms with van der Waals surface area (Å²) in [6.45, 7) is 0. The SMILES string of the molecule is CN1C(=O)c2cc(C#N)c(N)c(C#N)c2C1=O. The summed E-state index contributed by atoms with van der Waals surface area (Å²) in [4.78, 5) is 24.3. The van der Waals surface area contributed by atoms with Gasteiger partial charge in [0.25, 0.3) is 11.8 Å². The zero-order chi connectivity index (χ0) is 12.7. The Kier molecular flexibility index (Phi) is 2.08. The highest BCUT2D eigenvalue weighted by molar-refractivity contribution is 6.23. The summed E-state index contributed by atoms with van der Waals surface area (Å²) >= 11 is 0. The molecule has 0 saturated heterocycles. The highest BCUT2D eigenvalue weighted by Crippen LogP contribution is 2.30. The quantitative estimate of drug-likeness (QED) is 0.503. The van der Waals surface area contributed by atoms with E-state index in [1.165, 1.54) is 13.1 Å². The van der Waals surface area contributed by atoms with Crippen molar-refractivity contribution in [1.82, 2.24) is 4.90 Å². The second-order valence-electron chi connectivity index (χ2n) is 3.53. The van der Waals surface area contributed by atoms with E-state index in [9.17, 15) is 9.59 Å². The average Bonchev–Trinajstić information content (AvgIpc) is 2.54. The molecule has 6 nitrogen and oxygen atoms in total. The number of fused-ring (bicyclic) bond motifs is 1. The molecule has 1 aromatic rings. The Morgan fingerprint density at radius 1 is 1.24 bits per heavy atom. The molecule has 2 rings (SSSR count). The van der Waals surface area contributed by atoms with E-state index in [1.807, 2.05) is 0 Å². The number of imide groups is 1. The normalized spacial score (nSPS) is 13.2. The fraction of sp³-hybridized carbons (Fsp3) is 0.0909. The third-order valence-corrected chi connectivity index (χ3v) is 2.65. The largest absolute Gasteiger partial charge is 0.397 e. The minimum absolute atomic E-state index is 0.0171. The van der Waals surface area contributed by atoms with Crippen LogP contribution in [-0.4, -0.2) is 23.8 Å². The van der Waals surface area contributed by atoms with Gasteiger partial charge in [0.05, 0.1) is 27.9 Å². The van der Waals surface area contributed by atoms with Gasteiger partial charge in [-0.25, -0.2) is 0 Å². The lowest BCUT2D eigenvalue weighted by Gasteiger charge is -2.04. The van der Waals surface area contributed by atoms with Crippen LogP contribution in [0.25, 0.3) is 0 Å². The zero-order valence-corrected chi connectivity index (χ0v) is 8.81. The van der Waals surface area contributed by atoms with E-state index in [-0.39, 0.29) is 27.9 Å². The summed E-state index contributed by atoms with van der Waals surface area (Å²) in [5, 5.41) is 17.8. The molecule has 0 bridgehead atoms. The van der Waals surface area contributed by atoms with Crippen molar-refractivity contribution < 1.29 is 9.59 Å². The molecule has 1 aliphatic heterocycles. The lowest BCUT2D eigenvalue weighted by Crippen LogP contribution is -2.24. The van der Waals surface area contributed by atoms with E-state index in [0.717, 1.165) is 4.90 Å². The second-order valence-corrected chi connectivity index (χ2v) is 3.53. The molecule has 0 unspecified atom stereocenters. The number of carbonyl (C=O) groups excluding carboxylic acids is 2. The van der Waals surface area contributed by atoms with Crippen molar-refractivity contribution in [1.29, 1.82) is 10.5 Å². The maximum absolute atomic E-state index is 11.8. The molecule has 0 aromatic heterocycles. The Morgan fingerprint density at radius 3 is 2.41 bits per heavy atom. The van der Waals surface area contributed by atoms with Gasteiger partial charge >= 0.3 is 0 Å². The van der Waals surface area contributed by atoms with Gasteiger partial charge in [-0.1, -0.05) is 0 Å². The Hall–Kier alpha value is -2.86. The highest BCUT2D eigenvalue weighted by Gasteiger charge is 2.37. The number of nitrogen functional groups attached to an aromatic ring is 1. The minimum Gasteiger partial charge on any atom is -0.397 e. The van der Waals surface area contributed by atoms with Crippen LogP contribution in [0, 0.1) is 22.7 Å². The molecule has 0 aliphatic carbocycles. The van der Waals surface area contributed by atoms with Crippen LogP contribution in [0.2, 0.25) is 0 Å². The van der Waals surface area contributed by atoms with Crippen LogP contribution in [0.1, 0.15) is 31.8 Å². The van der Waals surface area contributed by atoms with Crippen LogP contribution in [0.5, 0.6) is 0 Å². The average molecular weight is 226 g/mol. The van der Waals surface area contributed by atoms with Gasteiger partial charge in [-0.15, -0.1) is 0 Å². The molecule has 0 spiro atoms. The lowest BCUT2D eigenvalue weighted by atomic mass is 9.98. The summed E-state index contributed by atoms with van der Waals surface area (Å²) in [5.41, 5.74) is 5.49. The molecule has 1 aromatic carbocycles. The van der Waals surface area contributed by atoms with Crippen LogP contribution >= 0.6 is 0 Å². The number of rotatable bonds is 0. The van der Waals surface area contributed by atoms with Crippen molar-refractivity contribution in [2.45, 2.75) is 0 Å². The molecule has 82 valence electrons. The van der Waals surface area contributed by atoms with Crippen molar-refractivity contribution in [3.05, 3.63) is 28.3 Å². The number of nitrogens with zero attached hydrogens (tertiary/aromatic N) is 3. The summed E-state index contributed by atoms with van der Waals surface area (Å²) < 4.78 is 0. The summed E-state index contributed by atoms with van der Waals surface area (Å²) in [6.07, 6.45) is 0. The number of nitriles is 2. The Balaban J connectivity index is 2.91. The fourth-order valence-electron chi connectivity index (χ4n) is 1.74. The molecular formula is C11H6N4O2. The Labute approximate surface area is 96.5 Å². The predicted octanol–water partition coefficient (Wildman–Crippen LogP) is 0.238. The van der Waals surface area contributed by atoms with E-state index in [1.54, 1.807) is 12.1 Å². The van der Waals surface area contributed by atoms with E-state index in [2.05, 4.69) is 0 Å². The first-order valence-corrected chi connectivity index (χ1v) is 4.62. The van der Waals surface area contributed by atoms with Gasteiger partial charge in [0.2, 0.25) is 0 Å². The number of benzene rings is 1. The van der Waals surface area contributed by atoms with Gasteiger partial charge in [-0.3, -0.25) is 14.5 Å². The van der Waals surface area contributed by atoms with Crippen molar-refractivity contribution in [3.8, 4) is 12.1 Å². The van der Waals surface area contributed by atoms with E-state index >= 15 is 0 Å². The van der Waals surface area contributed by atoms with Gasteiger partial charge in [-0.2, -0.15) is 10.5 Å². The molecular weight excluding hydrogens is 220 g/mol. The first kappa shape index (κ1) is 10.7. The maximum atomic E-state index is 11.8. The van der Waals surface area contributed by atoms with Gasteiger partial charge in [0, 0.05) is 7.05 Å². The second kappa shape index (κ2) is 3.32. The first-order valence-electron chi connectivity index (χ1n) is 4.62. The number of nitrogens with two attached hydrogens (primary N) is 1. The molecule has 0 radical (unpaired) electrons. The van der Waals surface area contributed by atoms with Crippen LogP contribution in [0.3, 0.4) is 0 Å². The molecule has 1 aliphatic rings. The van der Waals surface area contributed by atoms with Crippen LogP contribution < -0.4 is 5.73 Å². The lowest BCUT2D eigenvalue weighted by molar-refractivity contribution is 0.0693. The molecule has 6 heteroatoms. The topological polar surface area (TPSA) is 111 Å². The highest BCUT2D eigenvalue weighted by atomic mass is 16.2. The van der Waals surface area contributed by atoms with E-state index in [0.29, 0.717) is 0 Å². The van der Waals surface area contributed by atoms with E-state index in [4.69, 9.17) is 16.3 Å². The monoisotopic (exact) mass is 226 g/mol. The standard InChI is InChI=1S/C11H6N4O2/c1-15-10(16)6-2-5(3-12)9(14)7(4-13)8(6)11(15)17/h2H,14H2,1H3. The Morgan fingerprint density at radius 2 is 1.88 bits per heavy atom. The number of hydrogen-bond acceptors (Lipinski definition) is 5. The third-order valence-electron chi connectivity index (χ3n) is 2.65. The van der Waals surface area contributed by atoms with Crippen molar-refractivity contribution in [2.75, 3.05) is 12.8 Å². The van der Waals surface area contributed by atoms with Crippen LogP contribution in [-0.2, 0) is 0 Å². The molecule has 17 heavy (non-hydrogen) atoms. The molecule has 1 heterocycles. The molecule has 0 fully saturated rings. The molecule has 0 saturated carbocycles. The third kappa shape index (κ3) is 1.18. The minimum atomic E-state index is -0.572. The first-order chi connectivity index (χ1) is 8.02. The van der Waals surface area contributed by atoms with E-state index < -0.39 is 11.8 Å². The van der Waals surface area contributed by atoms with Crippen LogP contribution in [0.4, 0.5) is 5.69 Å². The molecule has 2 amide bonds. The summed E-state index contributed by atoms with van der Waals surface area (Å²) in [7, 11) is 1.31. The predicted molar refractivity (Wildman–Crippen MR) is 56.7 cm³/mol. The number of amides is 2. The van der Waals surface area contributed by atoms with Crippen molar-refractivity contribution in [2.24, 2.45) is 0 Å². The number of hydrogen-bond donors (Lipinski definition) is 1. The fourth-order valence-corrected chi connectivity index (χ4v) is 1.74. The molecule has 2 N–H and O–H groups in total. The number of anilines is 1.